The van der Waals surface area contributed by atoms with Crippen LogP contribution in [0.1, 0.15) is 6.92 Å². The summed E-state index contributed by atoms with van der Waals surface area (Å²) in [6, 6.07) is 3.99. The van der Waals surface area contributed by atoms with Gasteiger partial charge in [0.15, 0.2) is 0 Å². The minimum atomic E-state index is -3.88. The average Bonchev–Trinajstić information content (AvgIpc) is 2.67. The fraction of sp³-hybridized carbons (Fsp3) is 0.333. The highest BCUT2D eigenvalue weighted by Crippen LogP contribution is 2.25. The van der Waals surface area contributed by atoms with E-state index in [0.29, 0.717) is 30.7 Å². The van der Waals surface area contributed by atoms with Crippen molar-refractivity contribution in [1.82, 2.24) is 4.57 Å². The maximum absolute atomic E-state index is 13.3. The number of halogens is 1. The van der Waals surface area contributed by atoms with E-state index < -0.39 is 15.8 Å². The Balaban J connectivity index is 2.54. The third-order valence-corrected chi connectivity index (χ3v) is 3.73. The zero-order chi connectivity index (χ0) is 14.0. The van der Waals surface area contributed by atoms with Gasteiger partial charge in [-0.1, -0.05) is 0 Å². The molecule has 0 saturated carbocycles. The van der Waals surface area contributed by atoms with Crippen LogP contribution in [0.15, 0.2) is 29.3 Å². The van der Waals surface area contributed by atoms with Gasteiger partial charge in [-0.2, -0.15) is 0 Å². The van der Waals surface area contributed by atoms with Crippen molar-refractivity contribution in [2.24, 2.45) is 5.14 Å². The van der Waals surface area contributed by atoms with Gasteiger partial charge in [0.05, 0.1) is 6.61 Å². The number of rotatable bonds is 5. The second-order valence-corrected chi connectivity index (χ2v) is 5.62. The standard InChI is InChI=1S/C12H15FN2O3S/c1-2-18-6-5-15-8-12(19(14,16)17)10-7-9(13)3-4-11(10)15/h3-4,7-8H,2,5-6H2,1H3,(H2,14,16,17). The van der Waals surface area contributed by atoms with Crippen molar-refractivity contribution in [2.75, 3.05) is 13.2 Å². The Kier molecular flexibility index (Phi) is 3.88. The minimum Gasteiger partial charge on any atom is -0.380 e. The molecule has 19 heavy (non-hydrogen) atoms. The first kappa shape index (κ1) is 14.0. The van der Waals surface area contributed by atoms with Gasteiger partial charge < -0.3 is 9.30 Å². The molecule has 1 heterocycles. The Morgan fingerprint density at radius 3 is 2.79 bits per heavy atom. The molecule has 0 spiro atoms. The highest BCUT2D eigenvalue weighted by molar-refractivity contribution is 7.89. The van der Waals surface area contributed by atoms with E-state index in [9.17, 15) is 12.8 Å². The van der Waals surface area contributed by atoms with Gasteiger partial charge >= 0.3 is 0 Å². The highest BCUT2D eigenvalue weighted by atomic mass is 32.2. The average molecular weight is 286 g/mol. The predicted octanol–water partition coefficient (Wildman–Crippen LogP) is 1.46. The molecule has 1 aromatic carbocycles. The molecule has 0 atom stereocenters. The molecule has 104 valence electrons. The maximum Gasteiger partial charge on any atom is 0.240 e. The number of nitrogens with two attached hydrogens (primary N) is 1. The Labute approximate surface area is 110 Å². The number of sulfonamides is 1. The lowest BCUT2D eigenvalue weighted by Gasteiger charge is -2.04. The monoisotopic (exact) mass is 286 g/mol. The number of benzene rings is 1. The van der Waals surface area contributed by atoms with Gasteiger partial charge in [0, 0.05) is 30.3 Å². The number of fused-ring (bicyclic) bond motifs is 1. The molecule has 0 amide bonds. The van der Waals surface area contributed by atoms with Gasteiger partial charge in [0.2, 0.25) is 10.0 Å². The van der Waals surface area contributed by atoms with Gasteiger partial charge in [-0.25, -0.2) is 17.9 Å². The summed E-state index contributed by atoms with van der Waals surface area (Å²) in [7, 11) is -3.88. The largest absolute Gasteiger partial charge is 0.380 e. The normalized spacial score (nSPS) is 12.2. The van der Waals surface area contributed by atoms with E-state index in [1.54, 1.807) is 4.57 Å². The first-order valence-corrected chi connectivity index (χ1v) is 7.37. The molecule has 0 aliphatic carbocycles. The summed E-state index contributed by atoms with van der Waals surface area (Å²) in [4.78, 5) is -0.0708. The number of ether oxygens (including phenoxy) is 1. The second kappa shape index (κ2) is 5.28. The molecule has 2 rings (SSSR count). The molecule has 0 aliphatic rings. The molecule has 1 aromatic heterocycles. The van der Waals surface area contributed by atoms with Crippen LogP contribution in [-0.2, 0) is 21.3 Å². The molecule has 0 bridgehead atoms. The molecular formula is C12H15FN2O3S. The van der Waals surface area contributed by atoms with Gasteiger partial charge in [-0.3, -0.25) is 0 Å². The van der Waals surface area contributed by atoms with E-state index in [1.165, 1.54) is 24.4 Å². The number of aromatic nitrogens is 1. The Hall–Kier alpha value is -1.44. The zero-order valence-corrected chi connectivity index (χ0v) is 11.3. The van der Waals surface area contributed by atoms with Crippen LogP contribution >= 0.6 is 0 Å². The van der Waals surface area contributed by atoms with E-state index in [0.717, 1.165) is 0 Å². The first-order chi connectivity index (χ1) is 8.93. The molecule has 2 aromatic rings. The van der Waals surface area contributed by atoms with Crippen LogP contribution < -0.4 is 5.14 Å². The van der Waals surface area contributed by atoms with Crippen LogP contribution in [0.5, 0.6) is 0 Å². The summed E-state index contributed by atoms with van der Waals surface area (Å²) < 4.78 is 43.2. The summed E-state index contributed by atoms with van der Waals surface area (Å²) in [5.74, 6) is -0.500. The van der Waals surface area contributed by atoms with E-state index in [-0.39, 0.29) is 4.90 Å². The smallest absolute Gasteiger partial charge is 0.240 e. The van der Waals surface area contributed by atoms with Crippen molar-refractivity contribution in [3.05, 3.63) is 30.2 Å². The highest BCUT2D eigenvalue weighted by Gasteiger charge is 2.17. The second-order valence-electron chi connectivity index (χ2n) is 4.09. The summed E-state index contributed by atoms with van der Waals surface area (Å²) in [6.45, 7) is 3.38. The summed E-state index contributed by atoms with van der Waals surface area (Å²) in [5, 5.41) is 5.44. The van der Waals surface area contributed by atoms with Gasteiger partial charge in [-0.15, -0.1) is 0 Å². The van der Waals surface area contributed by atoms with Crippen LogP contribution in [-0.4, -0.2) is 26.2 Å². The molecule has 0 unspecified atom stereocenters. The zero-order valence-electron chi connectivity index (χ0n) is 10.5. The van der Waals surface area contributed by atoms with Crippen LogP contribution in [0.2, 0.25) is 0 Å². The van der Waals surface area contributed by atoms with Gasteiger partial charge in [-0.05, 0) is 25.1 Å². The number of primary sulfonamides is 1. The van der Waals surface area contributed by atoms with E-state index in [1.807, 2.05) is 6.92 Å². The SMILES string of the molecule is CCOCCn1cc(S(N)(=O)=O)c2cc(F)ccc21. The molecule has 7 heteroatoms. The lowest BCUT2D eigenvalue weighted by Crippen LogP contribution is -2.11. The predicted molar refractivity (Wildman–Crippen MR) is 69.8 cm³/mol. The van der Waals surface area contributed by atoms with Crippen molar-refractivity contribution < 1.29 is 17.5 Å². The van der Waals surface area contributed by atoms with Crippen molar-refractivity contribution in [3.8, 4) is 0 Å². The number of nitrogens with zero attached hydrogens (tertiary/aromatic N) is 1. The van der Waals surface area contributed by atoms with E-state index in [2.05, 4.69) is 0 Å². The number of hydrogen-bond acceptors (Lipinski definition) is 3. The Bertz CT molecular complexity index is 694. The Morgan fingerprint density at radius 2 is 2.16 bits per heavy atom. The fourth-order valence-electron chi connectivity index (χ4n) is 1.96. The molecule has 5 nitrogen and oxygen atoms in total. The molecule has 2 N–H and O–H groups in total. The lowest BCUT2D eigenvalue weighted by atomic mass is 10.2. The molecule has 0 fully saturated rings. The summed E-state index contributed by atoms with van der Waals surface area (Å²) >= 11 is 0. The molecule has 0 aliphatic heterocycles. The van der Waals surface area contributed by atoms with Crippen LogP contribution in [0.4, 0.5) is 4.39 Å². The fourth-order valence-corrected chi connectivity index (χ4v) is 2.70. The lowest BCUT2D eigenvalue weighted by molar-refractivity contribution is 0.140. The van der Waals surface area contributed by atoms with E-state index in [4.69, 9.17) is 9.88 Å². The van der Waals surface area contributed by atoms with Crippen LogP contribution in [0.25, 0.3) is 10.9 Å². The third-order valence-electron chi connectivity index (χ3n) is 2.79. The quantitative estimate of drug-likeness (QED) is 0.846. The number of hydrogen-bond donors (Lipinski definition) is 1. The van der Waals surface area contributed by atoms with Crippen molar-refractivity contribution >= 4 is 20.9 Å². The van der Waals surface area contributed by atoms with Crippen molar-refractivity contribution in [2.45, 2.75) is 18.4 Å². The third kappa shape index (κ3) is 2.94. The van der Waals surface area contributed by atoms with Crippen molar-refractivity contribution in [1.29, 1.82) is 0 Å². The maximum atomic E-state index is 13.3. The minimum absolute atomic E-state index is 0.0708. The first-order valence-electron chi connectivity index (χ1n) is 5.82. The van der Waals surface area contributed by atoms with Crippen LogP contribution in [0.3, 0.4) is 0 Å². The topological polar surface area (TPSA) is 74.3 Å². The molecule has 0 radical (unpaired) electrons. The summed E-state index contributed by atoms with van der Waals surface area (Å²) in [6.07, 6.45) is 1.42. The Morgan fingerprint density at radius 1 is 1.42 bits per heavy atom. The van der Waals surface area contributed by atoms with Gasteiger partial charge in [0.25, 0.3) is 0 Å². The van der Waals surface area contributed by atoms with Crippen molar-refractivity contribution in [3.63, 3.8) is 0 Å². The van der Waals surface area contributed by atoms with Gasteiger partial charge in [0.1, 0.15) is 10.7 Å². The molecule has 0 saturated heterocycles. The van der Waals surface area contributed by atoms with E-state index >= 15 is 0 Å². The summed E-state index contributed by atoms with van der Waals surface area (Å²) in [5.41, 5.74) is 0.616. The molecular weight excluding hydrogens is 271 g/mol. The van der Waals surface area contributed by atoms with Crippen LogP contribution in [0, 0.1) is 5.82 Å².